The lowest BCUT2D eigenvalue weighted by atomic mass is 9.79. The predicted molar refractivity (Wildman–Crippen MR) is 107 cm³/mol. The minimum absolute atomic E-state index is 0.0578. The van der Waals surface area contributed by atoms with Crippen LogP contribution in [0.1, 0.15) is 68.1 Å². The first-order valence-corrected chi connectivity index (χ1v) is 10.8. The second kappa shape index (κ2) is 8.17. The van der Waals surface area contributed by atoms with Crippen molar-refractivity contribution in [3.63, 3.8) is 0 Å². The van der Waals surface area contributed by atoms with E-state index in [1.54, 1.807) is 12.3 Å². The zero-order chi connectivity index (χ0) is 18.7. The Kier molecular flexibility index (Phi) is 5.67. The van der Waals surface area contributed by atoms with Gasteiger partial charge in [-0.05, 0) is 50.8 Å². The highest BCUT2D eigenvalue weighted by atomic mass is 16.2. The minimum Gasteiger partial charge on any atom is -0.338 e. The van der Waals surface area contributed by atoms with Crippen molar-refractivity contribution in [3.8, 4) is 0 Å². The summed E-state index contributed by atoms with van der Waals surface area (Å²) in [5, 5.41) is 0. The monoisotopic (exact) mass is 371 g/mol. The lowest BCUT2D eigenvalue weighted by Gasteiger charge is -2.41. The van der Waals surface area contributed by atoms with Gasteiger partial charge in [-0.2, -0.15) is 0 Å². The molecular formula is C22H33N3O2. The van der Waals surface area contributed by atoms with E-state index in [0.717, 1.165) is 32.0 Å². The van der Waals surface area contributed by atoms with E-state index < -0.39 is 0 Å². The number of hydrogen-bond acceptors (Lipinski definition) is 3. The Morgan fingerprint density at radius 2 is 1.93 bits per heavy atom. The summed E-state index contributed by atoms with van der Waals surface area (Å²) in [4.78, 5) is 31.3. The van der Waals surface area contributed by atoms with Crippen LogP contribution >= 0.6 is 0 Å². The van der Waals surface area contributed by atoms with Gasteiger partial charge >= 0.3 is 0 Å². The number of aromatic nitrogens is 1. The standard InChI is InChI=1S/C22H33N3O2/c26-20-8-7-19(15-23-20)21(27)25-14-11-22(17-25)10-4-12-24(16-22)13-9-18-5-2-1-3-6-18/h7-8,15,18H,1-6,9-14,16-17H2,(H,23,26). The molecule has 4 rings (SSSR count). The van der Waals surface area contributed by atoms with Crippen LogP contribution in [0.5, 0.6) is 0 Å². The maximum absolute atomic E-state index is 12.8. The maximum Gasteiger partial charge on any atom is 0.255 e. The van der Waals surface area contributed by atoms with Crippen LogP contribution in [-0.2, 0) is 0 Å². The van der Waals surface area contributed by atoms with E-state index in [1.165, 1.54) is 70.5 Å². The van der Waals surface area contributed by atoms with Gasteiger partial charge in [-0.15, -0.1) is 0 Å². The molecule has 1 spiro atoms. The SMILES string of the molecule is O=C(c1ccc(=O)[nH]c1)N1CCC2(CCCN(CCC3CCCCC3)C2)C1. The molecule has 1 aromatic rings. The molecule has 3 fully saturated rings. The van der Waals surface area contributed by atoms with Gasteiger partial charge in [0.15, 0.2) is 0 Å². The Labute approximate surface area is 162 Å². The van der Waals surface area contributed by atoms with Gasteiger partial charge in [-0.25, -0.2) is 0 Å². The lowest BCUT2D eigenvalue weighted by molar-refractivity contribution is 0.0674. The van der Waals surface area contributed by atoms with Crippen LogP contribution in [0.2, 0.25) is 0 Å². The van der Waals surface area contributed by atoms with Gasteiger partial charge in [0.2, 0.25) is 5.56 Å². The molecule has 3 heterocycles. The number of likely N-dealkylation sites (tertiary alicyclic amines) is 2. The van der Waals surface area contributed by atoms with Crippen molar-refractivity contribution in [1.82, 2.24) is 14.8 Å². The first-order valence-electron chi connectivity index (χ1n) is 10.8. The van der Waals surface area contributed by atoms with Gasteiger partial charge in [0.25, 0.3) is 5.91 Å². The van der Waals surface area contributed by atoms with Crippen molar-refractivity contribution in [1.29, 1.82) is 0 Å². The summed E-state index contributed by atoms with van der Waals surface area (Å²) in [5.74, 6) is 1.00. The Morgan fingerprint density at radius 3 is 2.70 bits per heavy atom. The molecule has 1 aliphatic carbocycles. The van der Waals surface area contributed by atoms with Crippen molar-refractivity contribution >= 4 is 5.91 Å². The molecule has 1 saturated carbocycles. The number of nitrogens with one attached hydrogen (secondary N) is 1. The normalized spacial score (nSPS) is 27.3. The molecular weight excluding hydrogens is 338 g/mol. The third kappa shape index (κ3) is 4.45. The summed E-state index contributed by atoms with van der Waals surface area (Å²) >= 11 is 0. The Balaban J connectivity index is 1.32. The highest BCUT2D eigenvalue weighted by Gasteiger charge is 2.42. The van der Waals surface area contributed by atoms with Crippen molar-refractivity contribution < 1.29 is 4.79 Å². The number of rotatable bonds is 4. The van der Waals surface area contributed by atoms with Crippen molar-refractivity contribution in [2.45, 2.75) is 57.8 Å². The van der Waals surface area contributed by atoms with Gasteiger partial charge in [0.1, 0.15) is 0 Å². The number of nitrogens with zero attached hydrogens (tertiary/aromatic N) is 2. The Hall–Kier alpha value is -1.62. The van der Waals surface area contributed by atoms with Crippen LogP contribution in [-0.4, -0.2) is 53.4 Å². The molecule has 148 valence electrons. The summed E-state index contributed by atoms with van der Waals surface area (Å²) in [5.41, 5.74) is 0.713. The fourth-order valence-corrected chi connectivity index (χ4v) is 5.51. The zero-order valence-corrected chi connectivity index (χ0v) is 16.4. The van der Waals surface area contributed by atoms with Crippen LogP contribution in [0.15, 0.2) is 23.1 Å². The number of pyridine rings is 1. The molecule has 5 nitrogen and oxygen atoms in total. The molecule has 27 heavy (non-hydrogen) atoms. The second-order valence-electron chi connectivity index (χ2n) is 9.09. The number of carbonyl (C=O) groups is 1. The van der Waals surface area contributed by atoms with E-state index in [1.807, 2.05) is 4.90 Å². The smallest absolute Gasteiger partial charge is 0.255 e. The number of H-pyrrole nitrogens is 1. The van der Waals surface area contributed by atoms with Crippen molar-refractivity contribution in [3.05, 3.63) is 34.2 Å². The second-order valence-corrected chi connectivity index (χ2v) is 9.09. The van der Waals surface area contributed by atoms with Crippen LogP contribution in [0.3, 0.4) is 0 Å². The third-order valence-corrected chi connectivity index (χ3v) is 7.08. The molecule has 2 aliphatic heterocycles. The third-order valence-electron chi connectivity index (χ3n) is 7.08. The van der Waals surface area contributed by atoms with E-state index >= 15 is 0 Å². The molecule has 5 heteroatoms. The fourth-order valence-electron chi connectivity index (χ4n) is 5.51. The maximum atomic E-state index is 12.8. The van der Waals surface area contributed by atoms with Crippen LogP contribution in [0, 0.1) is 11.3 Å². The van der Waals surface area contributed by atoms with Crippen molar-refractivity contribution in [2.75, 3.05) is 32.7 Å². The van der Waals surface area contributed by atoms with Gasteiger partial charge in [-0.1, -0.05) is 32.1 Å². The molecule has 1 amide bonds. The zero-order valence-electron chi connectivity index (χ0n) is 16.4. The van der Waals surface area contributed by atoms with Crippen LogP contribution < -0.4 is 5.56 Å². The van der Waals surface area contributed by atoms with Gasteiger partial charge in [0.05, 0.1) is 5.56 Å². The highest BCUT2D eigenvalue weighted by Crippen LogP contribution is 2.39. The summed E-state index contributed by atoms with van der Waals surface area (Å²) in [6.07, 6.45) is 13.7. The van der Waals surface area contributed by atoms with Crippen LogP contribution in [0.25, 0.3) is 0 Å². The minimum atomic E-state index is -0.162. The first-order chi connectivity index (χ1) is 13.1. The molecule has 0 aromatic carbocycles. The molecule has 1 atom stereocenters. The Morgan fingerprint density at radius 1 is 1.07 bits per heavy atom. The number of carbonyl (C=O) groups excluding carboxylic acids is 1. The Bertz CT molecular complexity index is 689. The predicted octanol–water partition coefficient (Wildman–Crippen LogP) is 3.27. The number of hydrogen-bond donors (Lipinski definition) is 1. The molecule has 0 radical (unpaired) electrons. The van der Waals surface area contributed by atoms with E-state index in [-0.39, 0.29) is 16.9 Å². The average molecular weight is 372 g/mol. The van der Waals surface area contributed by atoms with Gasteiger partial charge in [0, 0.05) is 37.3 Å². The van der Waals surface area contributed by atoms with Crippen molar-refractivity contribution in [2.24, 2.45) is 11.3 Å². The number of piperidine rings is 1. The van der Waals surface area contributed by atoms with Gasteiger partial charge in [-0.3, -0.25) is 9.59 Å². The first kappa shape index (κ1) is 18.7. The van der Waals surface area contributed by atoms with E-state index in [2.05, 4.69) is 9.88 Å². The molecule has 2 saturated heterocycles. The average Bonchev–Trinajstić information content (AvgIpc) is 3.10. The summed E-state index contributed by atoms with van der Waals surface area (Å²) < 4.78 is 0. The summed E-state index contributed by atoms with van der Waals surface area (Å²) in [6.45, 7) is 5.32. The van der Waals surface area contributed by atoms with E-state index in [4.69, 9.17) is 0 Å². The molecule has 3 aliphatic rings. The highest BCUT2D eigenvalue weighted by molar-refractivity contribution is 5.94. The molecule has 0 bridgehead atoms. The summed E-state index contributed by atoms with van der Waals surface area (Å²) in [6, 6.07) is 3.08. The van der Waals surface area contributed by atoms with E-state index in [9.17, 15) is 9.59 Å². The molecule has 1 aromatic heterocycles. The topological polar surface area (TPSA) is 56.4 Å². The fraction of sp³-hybridized carbons (Fsp3) is 0.727. The quantitative estimate of drug-likeness (QED) is 0.884. The summed E-state index contributed by atoms with van der Waals surface area (Å²) in [7, 11) is 0. The van der Waals surface area contributed by atoms with E-state index in [0.29, 0.717) is 5.56 Å². The molecule has 1 unspecified atom stereocenters. The largest absolute Gasteiger partial charge is 0.338 e. The number of aromatic amines is 1. The molecule has 1 N–H and O–H groups in total. The van der Waals surface area contributed by atoms with Gasteiger partial charge < -0.3 is 14.8 Å². The number of amides is 1. The van der Waals surface area contributed by atoms with Crippen LogP contribution in [0.4, 0.5) is 0 Å². The lowest BCUT2D eigenvalue weighted by Crippen LogP contribution is -2.45.